The van der Waals surface area contributed by atoms with Crippen LogP contribution in [0.15, 0.2) is 35.3 Å². The Bertz CT molecular complexity index is 516. The van der Waals surface area contributed by atoms with Crippen LogP contribution in [0.3, 0.4) is 0 Å². The van der Waals surface area contributed by atoms with Crippen molar-refractivity contribution in [1.29, 1.82) is 0 Å². The van der Waals surface area contributed by atoms with Crippen LogP contribution < -0.4 is 10.6 Å². The Kier molecular flexibility index (Phi) is 8.22. The van der Waals surface area contributed by atoms with Crippen molar-refractivity contribution in [3.63, 3.8) is 0 Å². The molecule has 1 aliphatic rings. The van der Waals surface area contributed by atoms with Crippen LogP contribution in [0.1, 0.15) is 44.8 Å². The molecule has 0 aliphatic heterocycles. The number of hydrogen-bond donors (Lipinski definition) is 2. The second-order valence-electron chi connectivity index (χ2n) is 6.90. The second-order valence-corrected chi connectivity index (χ2v) is 6.90. The normalized spacial score (nSPS) is 17.4. The predicted octanol–water partition coefficient (Wildman–Crippen LogP) is 2.80. The van der Waals surface area contributed by atoms with Gasteiger partial charge in [0.1, 0.15) is 0 Å². The van der Waals surface area contributed by atoms with Gasteiger partial charge in [-0.05, 0) is 45.7 Å². The summed E-state index contributed by atoms with van der Waals surface area (Å²) in [4.78, 5) is 6.75. The van der Waals surface area contributed by atoms with E-state index < -0.39 is 0 Å². The Morgan fingerprint density at radius 1 is 1.24 bits per heavy atom. The Morgan fingerprint density at radius 2 is 1.96 bits per heavy atom. The van der Waals surface area contributed by atoms with Gasteiger partial charge in [-0.15, -0.1) is 0 Å². The first-order chi connectivity index (χ1) is 12.1. The second kappa shape index (κ2) is 10.4. The molecule has 0 spiro atoms. The Morgan fingerprint density at radius 3 is 2.60 bits per heavy atom. The van der Waals surface area contributed by atoms with E-state index in [1.807, 2.05) is 25.2 Å². The molecule has 140 valence electrons. The smallest absolute Gasteiger partial charge is 0.191 e. The summed E-state index contributed by atoms with van der Waals surface area (Å²) >= 11 is 0. The first-order valence-electron chi connectivity index (χ1n) is 9.44. The maximum atomic E-state index is 5.90. The number of hydrogen-bond acceptors (Lipinski definition) is 3. The number of nitrogens with one attached hydrogen (secondary N) is 2. The molecule has 1 aromatic carbocycles. The number of nitrogens with zero attached hydrogens (tertiary/aromatic N) is 2. The third-order valence-electron chi connectivity index (χ3n) is 4.86. The summed E-state index contributed by atoms with van der Waals surface area (Å²) in [5.74, 6) is 0.868. The van der Waals surface area contributed by atoms with E-state index in [0.29, 0.717) is 6.04 Å². The van der Waals surface area contributed by atoms with E-state index in [0.717, 1.165) is 38.1 Å². The highest BCUT2D eigenvalue weighted by Gasteiger charge is 2.28. The molecule has 5 heteroatoms. The fourth-order valence-electron chi connectivity index (χ4n) is 2.81. The standard InChI is InChI=1S/C20H34N4O/c1-16(24(4)19-11-12-19)15-23-20(21-3)22-13-8-14-25-17(2)18-9-6-5-7-10-18/h5-7,9-10,16-17,19H,8,11-15H2,1-4H3,(H2,21,22,23). The number of guanidine groups is 1. The number of aliphatic imine (C=N–C) groups is 1. The van der Waals surface area contributed by atoms with Crippen LogP contribution in [0.4, 0.5) is 0 Å². The van der Waals surface area contributed by atoms with Crippen molar-refractivity contribution in [1.82, 2.24) is 15.5 Å². The summed E-state index contributed by atoms with van der Waals surface area (Å²) in [6, 6.07) is 11.6. The third-order valence-corrected chi connectivity index (χ3v) is 4.86. The van der Waals surface area contributed by atoms with Gasteiger partial charge in [0, 0.05) is 38.8 Å². The minimum Gasteiger partial charge on any atom is -0.374 e. The molecule has 25 heavy (non-hydrogen) atoms. The van der Waals surface area contributed by atoms with Gasteiger partial charge in [-0.25, -0.2) is 0 Å². The van der Waals surface area contributed by atoms with Gasteiger partial charge >= 0.3 is 0 Å². The first kappa shape index (κ1) is 19.7. The molecule has 1 aromatic rings. The molecule has 0 saturated heterocycles. The van der Waals surface area contributed by atoms with Gasteiger partial charge in [-0.1, -0.05) is 30.3 Å². The van der Waals surface area contributed by atoms with E-state index >= 15 is 0 Å². The minimum atomic E-state index is 0.137. The topological polar surface area (TPSA) is 48.9 Å². The molecule has 1 fully saturated rings. The van der Waals surface area contributed by atoms with Gasteiger partial charge in [-0.2, -0.15) is 0 Å². The van der Waals surface area contributed by atoms with Gasteiger partial charge < -0.3 is 15.4 Å². The van der Waals surface area contributed by atoms with Crippen LogP contribution in [0.25, 0.3) is 0 Å². The van der Waals surface area contributed by atoms with Gasteiger partial charge in [0.05, 0.1) is 6.10 Å². The van der Waals surface area contributed by atoms with Crippen LogP contribution >= 0.6 is 0 Å². The molecule has 2 unspecified atom stereocenters. The molecule has 0 aromatic heterocycles. The zero-order chi connectivity index (χ0) is 18.1. The predicted molar refractivity (Wildman–Crippen MR) is 105 cm³/mol. The van der Waals surface area contributed by atoms with E-state index in [9.17, 15) is 0 Å². The molecule has 2 N–H and O–H groups in total. The lowest BCUT2D eigenvalue weighted by atomic mass is 10.1. The number of ether oxygens (including phenoxy) is 1. The van der Waals surface area contributed by atoms with Crippen LogP contribution in [-0.2, 0) is 4.74 Å². The first-order valence-corrected chi connectivity index (χ1v) is 9.44. The summed E-state index contributed by atoms with van der Waals surface area (Å²) in [5, 5.41) is 6.78. The molecule has 5 nitrogen and oxygen atoms in total. The van der Waals surface area contributed by atoms with Crippen LogP contribution in [-0.4, -0.2) is 56.7 Å². The quantitative estimate of drug-likeness (QED) is 0.389. The lowest BCUT2D eigenvalue weighted by molar-refractivity contribution is 0.0646. The van der Waals surface area contributed by atoms with Crippen molar-refractivity contribution >= 4 is 5.96 Å². The van der Waals surface area contributed by atoms with Crippen molar-refractivity contribution in [3.8, 4) is 0 Å². The highest BCUT2D eigenvalue weighted by molar-refractivity contribution is 5.79. The molecule has 1 aliphatic carbocycles. The lowest BCUT2D eigenvalue weighted by Crippen LogP contribution is -2.45. The molecule has 2 rings (SSSR count). The summed E-state index contributed by atoms with van der Waals surface area (Å²) in [6.45, 7) is 6.86. The van der Waals surface area contributed by atoms with Crippen molar-refractivity contribution < 1.29 is 4.74 Å². The zero-order valence-electron chi connectivity index (χ0n) is 16.2. The molecule has 2 atom stereocenters. The van der Waals surface area contributed by atoms with Gasteiger partial charge in [-0.3, -0.25) is 9.89 Å². The van der Waals surface area contributed by atoms with E-state index in [1.165, 1.54) is 18.4 Å². The Balaban J connectivity index is 1.56. The average molecular weight is 347 g/mol. The largest absolute Gasteiger partial charge is 0.374 e. The van der Waals surface area contributed by atoms with Crippen LogP contribution in [0, 0.1) is 0 Å². The highest BCUT2D eigenvalue weighted by Crippen LogP contribution is 2.26. The minimum absolute atomic E-state index is 0.137. The van der Waals surface area contributed by atoms with Crippen molar-refractivity contribution in [2.45, 2.75) is 51.3 Å². The van der Waals surface area contributed by atoms with E-state index in [4.69, 9.17) is 4.74 Å². The fraction of sp³-hybridized carbons (Fsp3) is 0.650. The van der Waals surface area contributed by atoms with Crippen molar-refractivity contribution in [2.24, 2.45) is 4.99 Å². The molecule has 0 radical (unpaired) electrons. The molecule has 0 heterocycles. The van der Waals surface area contributed by atoms with E-state index in [1.54, 1.807) is 0 Å². The molecular formula is C20H34N4O. The Labute approximate surface area is 152 Å². The highest BCUT2D eigenvalue weighted by atomic mass is 16.5. The summed E-state index contributed by atoms with van der Waals surface area (Å²) < 4.78 is 5.90. The lowest BCUT2D eigenvalue weighted by Gasteiger charge is -2.25. The summed E-state index contributed by atoms with van der Waals surface area (Å²) in [7, 11) is 4.03. The summed E-state index contributed by atoms with van der Waals surface area (Å²) in [6.07, 6.45) is 3.78. The molecule has 0 bridgehead atoms. The summed E-state index contributed by atoms with van der Waals surface area (Å²) in [5.41, 5.74) is 1.22. The maximum Gasteiger partial charge on any atom is 0.191 e. The van der Waals surface area contributed by atoms with E-state index in [-0.39, 0.29) is 6.10 Å². The van der Waals surface area contributed by atoms with Crippen LogP contribution in [0.5, 0.6) is 0 Å². The maximum absolute atomic E-state index is 5.90. The van der Waals surface area contributed by atoms with Crippen LogP contribution in [0.2, 0.25) is 0 Å². The van der Waals surface area contributed by atoms with Gasteiger partial charge in [0.15, 0.2) is 5.96 Å². The van der Waals surface area contributed by atoms with E-state index in [2.05, 4.69) is 53.6 Å². The molecule has 0 amide bonds. The number of rotatable bonds is 10. The molecule has 1 saturated carbocycles. The zero-order valence-corrected chi connectivity index (χ0v) is 16.2. The monoisotopic (exact) mass is 346 g/mol. The average Bonchev–Trinajstić information content (AvgIpc) is 3.48. The van der Waals surface area contributed by atoms with Gasteiger partial charge in [0.25, 0.3) is 0 Å². The van der Waals surface area contributed by atoms with Crippen molar-refractivity contribution in [3.05, 3.63) is 35.9 Å². The number of likely N-dealkylation sites (N-methyl/N-ethyl adjacent to an activating group) is 1. The number of benzene rings is 1. The van der Waals surface area contributed by atoms with Gasteiger partial charge in [0.2, 0.25) is 0 Å². The molecular weight excluding hydrogens is 312 g/mol. The Hall–Kier alpha value is -1.59. The third kappa shape index (κ3) is 7.04. The fourth-order valence-corrected chi connectivity index (χ4v) is 2.81. The SMILES string of the molecule is CN=C(NCCCOC(C)c1ccccc1)NCC(C)N(C)C1CC1. The van der Waals surface area contributed by atoms with Crippen molar-refractivity contribution in [2.75, 3.05) is 33.8 Å².